The van der Waals surface area contributed by atoms with E-state index in [-0.39, 0.29) is 0 Å². The second kappa shape index (κ2) is 5.88. The van der Waals surface area contributed by atoms with Crippen molar-refractivity contribution >= 4 is 26.7 Å². The van der Waals surface area contributed by atoms with Crippen LogP contribution in [0, 0.1) is 6.92 Å². The molecule has 0 bridgehead atoms. The van der Waals surface area contributed by atoms with E-state index < -0.39 is 0 Å². The maximum absolute atomic E-state index is 5.73. The van der Waals surface area contributed by atoms with Gasteiger partial charge in [-0.1, -0.05) is 17.4 Å². The van der Waals surface area contributed by atoms with Gasteiger partial charge < -0.3 is 10.1 Å². The van der Waals surface area contributed by atoms with Gasteiger partial charge in [0.25, 0.3) is 0 Å². The lowest BCUT2D eigenvalue weighted by Gasteiger charge is -2.22. The van der Waals surface area contributed by atoms with Gasteiger partial charge in [0.2, 0.25) is 0 Å². The first kappa shape index (κ1) is 12.9. The number of fused-ring (bicyclic) bond motifs is 1. The molecule has 1 aromatic carbocycles. The van der Waals surface area contributed by atoms with Crippen molar-refractivity contribution in [2.24, 2.45) is 0 Å². The Hall–Kier alpha value is -1.13. The number of anilines is 1. The molecule has 1 unspecified atom stereocenters. The van der Waals surface area contributed by atoms with Crippen molar-refractivity contribution in [3.05, 3.63) is 23.8 Å². The summed E-state index contributed by atoms with van der Waals surface area (Å²) in [6.45, 7) is 3.99. The first-order chi connectivity index (χ1) is 9.31. The number of aryl methyl sites for hydroxylation is 1. The quantitative estimate of drug-likeness (QED) is 0.917. The third-order valence-electron chi connectivity index (χ3n) is 3.56. The molecule has 0 radical (unpaired) electrons. The summed E-state index contributed by atoms with van der Waals surface area (Å²) in [6, 6.07) is 6.43. The summed E-state index contributed by atoms with van der Waals surface area (Å²) in [4.78, 5) is 4.62. The van der Waals surface area contributed by atoms with Crippen LogP contribution >= 0.6 is 11.3 Å². The number of hydrogen-bond donors (Lipinski definition) is 1. The SMILES string of the molecule is Cc1ccc2sc(NCCC3CCCCO3)nc2c1. The first-order valence-electron chi connectivity index (χ1n) is 7.04. The summed E-state index contributed by atoms with van der Waals surface area (Å²) in [6.07, 6.45) is 5.26. The third-order valence-corrected chi connectivity index (χ3v) is 4.55. The van der Waals surface area contributed by atoms with Gasteiger partial charge in [-0.15, -0.1) is 0 Å². The zero-order chi connectivity index (χ0) is 13.1. The van der Waals surface area contributed by atoms with Crippen molar-refractivity contribution < 1.29 is 4.74 Å². The van der Waals surface area contributed by atoms with Gasteiger partial charge in [0, 0.05) is 13.2 Å². The minimum atomic E-state index is 0.442. The van der Waals surface area contributed by atoms with E-state index in [9.17, 15) is 0 Å². The van der Waals surface area contributed by atoms with Crippen LogP contribution in [0.15, 0.2) is 18.2 Å². The van der Waals surface area contributed by atoms with Gasteiger partial charge in [-0.25, -0.2) is 4.98 Å². The second-order valence-electron chi connectivity index (χ2n) is 5.19. The zero-order valence-electron chi connectivity index (χ0n) is 11.3. The molecule has 1 saturated heterocycles. The van der Waals surface area contributed by atoms with E-state index in [2.05, 4.69) is 35.4 Å². The maximum atomic E-state index is 5.73. The van der Waals surface area contributed by atoms with E-state index in [0.29, 0.717) is 6.10 Å². The Kier molecular flexibility index (Phi) is 3.99. The van der Waals surface area contributed by atoms with Crippen molar-refractivity contribution in [3.63, 3.8) is 0 Å². The van der Waals surface area contributed by atoms with Crippen molar-refractivity contribution in [2.45, 2.75) is 38.7 Å². The van der Waals surface area contributed by atoms with Crippen LogP contribution < -0.4 is 5.32 Å². The van der Waals surface area contributed by atoms with Crippen molar-refractivity contribution in [1.29, 1.82) is 0 Å². The normalized spacial score (nSPS) is 19.7. The Labute approximate surface area is 118 Å². The molecular formula is C15H20N2OS. The average molecular weight is 276 g/mol. The fourth-order valence-electron chi connectivity index (χ4n) is 2.49. The van der Waals surface area contributed by atoms with Crippen molar-refractivity contribution in [2.75, 3.05) is 18.5 Å². The number of ether oxygens (including phenoxy) is 1. The van der Waals surface area contributed by atoms with Gasteiger partial charge >= 0.3 is 0 Å². The molecule has 2 heterocycles. The van der Waals surface area contributed by atoms with Crippen LogP contribution in [0.3, 0.4) is 0 Å². The standard InChI is InChI=1S/C15H20N2OS/c1-11-5-6-14-13(10-11)17-15(19-14)16-8-7-12-4-2-3-9-18-12/h5-6,10,12H,2-4,7-9H2,1H3,(H,16,17). The van der Waals surface area contributed by atoms with Crippen molar-refractivity contribution in [3.8, 4) is 0 Å². The Morgan fingerprint density at radius 1 is 1.42 bits per heavy atom. The molecule has 3 nitrogen and oxygen atoms in total. The van der Waals surface area contributed by atoms with Crippen LogP contribution in [-0.2, 0) is 4.74 Å². The highest BCUT2D eigenvalue weighted by Gasteiger charge is 2.13. The van der Waals surface area contributed by atoms with E-state index in [4.69, 9.17) is 4.74 Å². The number of rotatable bonds is 4. The largest absolute Gasteiger partial charge is 0.378 e. The lowest BCUT2D eigenvalue weighted by atomic mass is 10.1. The molecular weight excluding hydrogens is 256 g/mol. The van der Waals surface area contributed by atoms with Gasteiger partial charge in [0.15, 0.2) is 5.13 Å². The van der Waals surface area contributed by atoms with Crippen LogP contribution in [0.4, 0.5) is 5.13 Å². The van der Waals surface area contributed by atoms with E-state index >= 15 is 0 Å². The lowest BCUT2D eigenvalue weighted by molar-refractivity contribution is 0.0134. The van der Waals surface area contributed by atoms with Crippen LogP contribution in [0.2, 0.25) is 0 Å². The van der Waals surface area contributed by atoms with Gasteiger partial charge in [-0.3, -0.25) is 0 Å². The lowest BCUT2D eigenvalue weighted by Crippen LogP contribution is -2.21. The molecule has 1 aliphatic heterocycles. The van der Waals surface area contributed by atoms with E-state index in [1.807, 2.05) is 0 Å². The minimum absolute atomic E-state index is 0.442. The molecule has 19 heavy (non-hydrogen) atoms. The molecule has 0 aliphatic carbocycles. The summed E-state index contributed by atoms with van der Waals surface area (Å²) >= 11 is 1.73. The highest BCUT2D eigenvalue weighted by Crippen LogP contribution is 2.26. The fourth-order valence-corrected chi connectivity index (χ4v) is 3.36. The van der Waals surface area contributed by atoms with E-state index in [1.54, 1.807) is 11.3 Å². The Morgan fingerprint density at radius 2 is 2.37 bits per heavy atom. The van der Waals surface area contributed by atoms with Crippen LogP contribution in [-0.4, -0.2) is 24.2 Å². The first-order valence-corrected chi connectivity index (χ1v) is 7.85. The van der Waals surface area contributed by atoms with Gasteiger partial charge in [-0.2, -0.15) is 0 Å². The monoisotopic (exact) mass is 276 g/mol. The van der Waals surface area contributed by atoms with Crippen LogP contribution in [0.1, 0.15) is 31.2 Å². The van der Waals surface area contributed by atoms with E-state index in [1.165, 1.54) is 29.5 Å². The fraction of sp³-hybridized carbons (Fsp3) is 0.533. The van der Waals surface area contributed by atoms with Gasteiger partial charge in [0.05, 0.1) is 16.3 Å². The molecule has 0 saturated carbocycles. The Morgan fingerprint density at radius 3 is 3.21 bits per heavy atom. The third kappa shape index (κ3) is 3.25. The molecule has 0 amide bonds. The number of thiazole rings is 1. The Bertz CT molecular complexity index is 546. The van der Waals surface area contributed by atoms with Crippen LogP contribution in [0.25, 0.3) is 10.2 Å². The second-order valence-corrected chi connectivity index (χ2v) is 6.22. The number of hydrogen-bond acceptors (Lipinski definition) is 4. The van der Waals surface area contributed by atoms with Gasteiger partial charge in [0.1, 0.15) is 0 Å². The van der Waals surface area contributed by atoms with Gasteiger partial charge in [-0.05, 0) is 50.3 Å². The molecule has 1 N–H and O–H groups in total. The molecule has 2 aromatic rings. The molecule has 1 fully saturated rings. The molecule has 0 spiro atoms. The Balaban J connectivity index is 1.56. The number of benzene rings is 1. The summed E-state index contributed by atoms with van der Waals surface area (Å²) in [5.74, 6) is 0. The van der Waals surface area contributed by atoms with Crippen LogP contribution in [0.5, 0.6) is 0 Å². The number of aromatic nitrogens is 1. The molecule has 1 aliphatic rings. The molecule has 1 atom stereocenters. The smallest absolute Gasteiger partial charge is 0.183 e. The molecule has 1 aromatic heterocycles. The topological polar surface area (TPSA) is 34.1 Å². The molecule has 3 rings (SSSR count). The highest BCUT2D eigenvalue weighted by atomic mass is 32.1. The predicted octanol–water partition coefficient (Wildman–Crippen LogP) is 3.98. The summed E-state index contributed by atoms with van der Waals surface area (Å²) in [5, 5.41) is 4.45. The molecule has 102 valence electrons. The number of nitrogens with one attached hydrogen (secondary N) is 1. The highest BCUT2D eigenvalue weighted by molar-refractivity contribution is 7.22. The molecule has 4 heteroatoms. The minimum Gasteiger partial charge on any atom is -0.378 e. The van der Waals surface area contributed by atoms with E-state index in [0.717, 1.165) is 30.2 Å². The number of nitrogens with zero attached hydrogens (tertiary/aromatic N) is 1. The maximum Gasteiger partial charge on any atom is 0.183 e. The average Bonchev–Trinajstić information content (AvgIpc) is 2.82. The summed E-state index contributed by atoms with van der Waals surface area (Å²) < 4.78 is 6.99. The summed E-state index contributed by atoms with van der Waals surface area (Å²) in [5.41, 5.74) is 2.36. The summed E-state index contributed by atoms with van der Waals surface area (Å²) in [7, 11) is 0. The zero-order valence-corrected chi connectivity index (χ0v) is 12.1. The predicted molar refractivity (Wildman–Crippen MR) is 81.1 cm³/mol. The van der Waals surface area contributed by atoms with Crippen molar-refractivity contribution in [1.82, 2.24) is 4.98 Å².